The van der Waals surface area contributed by atoms with Gasteiger partial charge in [-0.25, -0.2) is 4.98 Å². The first-order valence-electron chi connectivity index (χ1n) is 9.70. The van der Waals surface area contributed by atoms with Gasteiger partial charge < -0.3 is 19.4 Å². The minimum Gasteiger partial charge on any atom is -0.385 e. The lowest BCUT2D eigenvalue weighted by Gasteiger charge is -2.32. The van der Waals surface area contributed by atoms with E-state index in [0.717, 1.165) is 69.7 Å². The standard InChI is InChI=1S/C20H30N4O2/c1-3-6-17-15-24-11-4-7-18(19(24)21-17)20(25)22-16-8-12-23(13-9-16)10-5-14-26-2/h4,7,11,15-16H,3,5-6,8-10,12-14H2,1-2H3,(H,22,25). The highest BCUT2D eigenvalue weighted by atomic mass is 16.5. The zero-order valence-corrected chi connectivity index (χ0v) is 15.9. The van der Waals surface area contributed by atoms with E-state index in [-0.39, 0.29) is 11.9 Å². The molecule has 1 saturated heterocycles. The van der Waals surface area contributed by atoms with E-state index in [1.54, 1.807) is 7.11 Å². The van der Waals surface area contributed by atoms with Crippen molar-refractivity contribution in [3.8, 4) is 0 Å². The summed E-state index contributed by atoms with van der Waals surface area (Å²) in [4.78, 5) is 19.9. The molecule has 2 aromatic rings. The first-order chi connectivity index (χ1) is 12.7. The Morgan fingerprint density at radius 3 is 2.92 bits per heavy atom. The monoisotopic (exact) mass is 358 g/mol. The molecule has 1 N–H and O–H groups in total. The van der Waals surface area contributed by atoms with Crippen LogP contribution >= 0.6 is 0 Å². The molecule has 0 bridgehead atoms. The quantitative estimate of drug-likeness (QED) is 0.737. The molecule has 6 heteroatoms. The number of amides is 1. The second kappa shape index (κ2) is 9.14. The van der Waals surface area contributed by atoms with Crippen molar-refractivity contribution in [3.05, 3.63) is 35.8 Å². The molecular formula is C20H30N4O2. The third kappa shape index (κ3) is 4.62. The highest BCUT2D eigenvalue weighted by Gasteiger charge is 2.22. The van der Waals surface area contributed by atoms with Crippen LogP contribution in [0.15, 0.2) is 24.5 Å². The third-order valence-corrected chi connectivity index (χ3v) is 5.03. The number of ether oxygens (including phenoxy) is 1. The number of carbonyl (C=O) groups excluding carboxylic acids is 1. The van der Waals surface area contributed by atoms with E-state index >= 15 is 0 Å². The second-order valence-corrected chi connectivity index (χ2v) is 7.07. The molecule has 0 aliphatic carbocycles. The maximum Gasteiger partial charge on any atom is 0.255 e. The number of aromatic nitrogens is 2. The molecule has 6 nitrogen and oxygen atoms in total. The summed E-state index contributed by atoms with van der Waals surface area (Å²) in [6.07, 6.45) is 9.02. The normalized spacial score (nSPS) is 16.2. The van der Waals surface area contributed by atoms with Crippen molar-refractivity contribution in [3.63, 3.8) is 0 Å². The molecule has 0 unspecified atom stereocenters. The van der Waals surface area contributed by atoms with Gasteiger partial charge in [-0.05, 0) is 37.8 Å². The van der Waals surface area contributed by atoms with Gasteiger partial charge in [0.05, 0.1) is 11.3 Å². The largest absolute Gasteiger partial charge is 0.385 e. The molecule has 0 radical (unpaired) electrons. The van der Waals surface area contributed by atoms with E-state index in [4.69, 9.17) is 4.74 Å². The van der Waals surface area contributed by atoms with E-state index in [1.165, 1.54) is 0 Å². The zero-order chi connectivity index (χ0) is 18.4. The molecular weight excluding hydrogens is 328 g/mol. The highest BCUT2D eigenvalue weighted by molar-refractivity contribution is 6.00. The molecule has 1 fully saturated rings. The number of imidazole rings is 1. The van der Waals surface area contributed by atoms with Crippen molar-refractivity contribution in [2.75, 3.05) is 33.4 Å². The van der Waals surface area contributed by atoms with Crippen LogP contribution in [0.2, 0.25) is 0 Å². The van der Waals surface area contributed by atoms with Gasteiger partial charge in [0.2, 0.25) is 0 Å². The molecule has 0 atom stereocenters. The van der Waals surface area contributed by atoms with Crippen molar-refractivity contribution in [1.82, 2.24) is 19.6 Å². The first-order valence-corrected chi connectivity index (χ1v) is 9.70. The van der Waals surface area contributed by atoms with E-state index in [9.17, 15) is 4.79 Å². The number of nitrogens with zero attached hydrogens (tertiary/aromatic N) is 3. The number of methoxy groups -OCH3 is 1. The molecule has 3 heterocycles. The summed E-state index contributed by atoms with van der Waals surface area (Å²) in [5.41, 5.74) is 2.46. The van der Waals surface area contributed by atoms with Crippen LogP contribution in [0.5, 0.6) is 0 Å². The summed E-state index contributed by atoms with van der Waals surface area (Å²) in [6, 6.07) is 4.02. The van der Waals surface area contributed by atoms with Crippen molar-refractivity contribution in [2.45, 2.75) is 45.1 Å². The molecule has 1 amide bonds. The Bertz CT molecular complexity index is 720. The van der Waals surface area contributed by atoms with Gasteiger partial charge in [0.15, 0.2) is 0 Å². The average Bonchev–Trinajstić information content (AvgIpc) is 3.06. The number of hydrogen-bond acceptors (Lipinski definition) is 4. The van der Waals surface area contributed by atoms with E-state index in [1.807, 2.05) is 28.9 Å². The van der Waals surface area contributed by atoms with Crippen molar-refractivity contribution in [1.29, 1.82) is 0 Å². The second-order valence-electron chi connectivity index (χ2n) is 7.07. The molecule has 0 spiro atoms. The van der Waals surface area contributed by atoms with Gasteiger partial charge in [-0.15, -0.1) is 0 Å². The number of nitrogens with one attached hydrogen (secondary N) is 1. The molecule has 3 rings (SSSR count). The van der Waals surface area contributed by atoms with Gasteiger partial charge in [-0.2, -0.15) is 0 Å². The number of carbonyl (C=O) groups is 1. The summed E-state index contributed by atoms with van der Waals surface area (Å²) in [5.74, 6) is -0.0120. The molecule has 0 saturated carbocycles. The first kappa shape index (κ1) is 18.9. The lowest BCUT2D eigenvalue weighted by atomic mass is 10.0. The van der Waals surface area contributed by atoms with Gasteiger partial charge in [0.25, 0.3) is 5.91 Å². The number of likely N-dealkylation sites (tertiary alicyclic amines) is 1. The maximum absolute atomic E-state index is 12.8. The molecule has 1 aliphatic rings. The van der Waals surface area contributed by atoms with Crippen LogP contribution in [0.25, 0.3) is 5.65 Å². The van der Waals surface area contributed by atoms with Crippen LogP contribution < -0.4 is 5.32 Å². The fourth-order valence-electron chi connectivity index (χ4n) is 3.61. The number of aryl methyl sites for hydroxylation is 1. The SMILES string of the molecule is CCCc1cn2cccc(C(=O)NC3CCN(CCCOC)CC3)c2n1. The van der Waals surface area contributed by atoms with Crippen LogP contribution in [0.3, 0.4) is 0 Å². The van der Waals surface area contributed by atoms with Gasteiger partial charge in [-0.3, -0.25) is 4.79 Å². The summed E-state index contributed by atoms with van der Waals surface area (Å²) in [6.45, 7) is 6.08. The number of fused-ring (bicyclic) bond motifs is 1. The number of pyridine rings is 1. The van der Waals surface area contributed by atoms with Crippen molar-refractivity contribution >= 4 is 11.6 Å². The highest BCUT2D eigenvalue weighted by Crippen LogP contribution is 2.15. The Balaban J connectivity index is 1.58. The Morgan fingerprint density at radius 2 is 2.19 bits per heavy atom. The Hall–Kier alpha value is -1.92. The van der Waals surface area contributed by atoms with Crippen LogP contribution in [0.1, 0.15) is 48.7 Å². The van der Waals surface area contributed by atoms with Crippen molar-refractivity contribution < 1.29 is 9.53 Å². The molecule has 26 heavy (non-hydrogen) atoms. The van der Waals surface area contributed by atoms with E-state index in [0.29, 0.717) is 5.56 Å². The molecule has 2 aromatic heterocycles. The minimum absolute atomic E-state index is 0.0120. The summed E-state index contributed by atoms with van der Waals surface area (Å²) >= 11 is 0. The van der Waals surface area contributed by atoms with Crippen molar-refractivity contribution in [2.24, 2.45) is 0 Å². The van der Waals surface area contributed by atoms with Crippen LogP contribution in [0.4, 0.5) is 0 Å². The van der Waals surface area contributed by atoms with Gasteiger partial charge >= 0.3 is 0 Å². The number of rotatable bonds is 8. The minimum atomic E-state index is -0.0120. The number of hydrogen-bond donors (Lipinski definition) is 1. The summed E-state index contributed by atoms with van der Waals surface area (Å²) < 4.78 is 7.07. The smallest absolute Gasteiger partial charge is 0.255 e. The van der Waals surface area contributed by atoms with E-state index < -0.39 is 0 Å². The Labute approximate surface area is 155 Å². The topological polar surface area (TPSA) is 58.9 Å². The molecule has 0 aromatic carbocycles. The summed E-state index contributed by atoms with van der Waals surface area (Å²) in [7, 11) is 1.74. The molecule has 1 aliphatic heterocycles. The third-order valence-electron chi connectivity index (χ3n) is 5.03. The predicted octanol–water partition coefficient (Wildman–Crippen LogP) is 2.52. The number of piperidine rings is 1. The Morgan fingerprint density at radius 1 is 1.38 bits per heavy atom. The van der Waals surface area contributed by atoms with Gasteiger partial charge in [0, 0.05) is 51.8 Å². The van der Waals surface area contributed by atoms with E-state index in [2.05, 4.69) is 22.1 Å². The Kier molecular flexibility index (Phi) is 6.63. The zero-order valence-electron chi connectivity index (χ0n) is 15.9. The maximum atomic E-state index is 12.8. The van der Waals surface area contributed by atoms with Gasteiger partial charge in [-0.1, -0.05) is 13.3 Å². The predicted molar refractivity (Wildman–Crippen MR) is 103 cm³/mol. The van der Waals surface area contributed by atoms with Gasteiger partial charge in [0.1, 0.15) is 5.65 Å². The fraction of sp³-hybridized carbons (Fsp3) is 0.600. The van der Waals surface area contributed by atoms with Crippen LogP contribution in [-0.2, 0) is 11.2 Å². The fourth-order valence-corrected chi connectivity index (χ4v) is 3.61. The van der Waals surface area contributed by atoms with Crippen LogP contribution in [0, 0.1) is 0 Å². The molecule has 142 valence electrons. The average molecular weight is 358 g/mol. The summed E-state index contributed by atoms with van der Waals surface area (Å²) in [5, 5.41) is 3.21. The van der Waals surface area contributed by atoms with Crippen LogP contribution in [-0.4, -0.2) is 59.6 Å². The lowest BCUT2D eigenvalue weighted by molar-refractivity contribution is 0.0908. The lowest BCUT2D eigenvalue weighted by Crippen LogP contribution is -2.45.